The number of aliphatic hydroxyl groups is 1. The highest BCUT2D eigenvalue weighted by Gasteiger charge is 2.28. The van der Waals surface area contributed by atoms with Crippen LogP contribution < -0.4 is 5.32 Å². The number of aliphatic carboxylic acids is 1. The molecule has 0 heterocycles. The minimum absolute atomic E-state index is 0.152. The number of carboxylic acid groups (broad SMARTS) is 1. The van der Waals surface area contributed by atoms with Crippen LogP contribution in [0.15, 0.2) is 0 Å². The average Bonchev–Trinajstić information content (AvgIpc) is 3.05. The minimum Gasteiger partial charge on any atom is -0.480 e. The molecule has 0 aromatic heterocycles. The van der Waals surface area contributed by atoms with Gasteiger partial charge in [-0.2, -0.15) is 0 Å². The summed E-state index contributed by atoms with van der Waals surface area (Å²) in [5.41, 5.74) is 0. The lowest BCUT2D eigenvalue weighted by atomic mass is 10.0. The van der Waals surface area contributed by atoms with Gasteiger partial charge in [0.05, 0.1) is 13.2 Å². The van der Waals surface area contributed by atoms with Crippen molar-refractivity contribution >= 4 is 25.7 Å². The van der Waals surface area contributed by atoms with Crippen LogP contribution in [-0.2, 0) is 32.7 Å². The third-order valence-corrected chi connectivity index (χ3v) is 9.35. The van der Waals surface area contributed by atoms with E-state index in [1.807, 2.05) is 6.92 Å². The maximum atomic E-state index is 12.2. The summed E-state index contributed by atoms with van der Waals surface area (Å²) >= 11 is 0. The molecule has 0 saturated heterocycles. The van der Waals surface area contributed by atoms with Gasteiger partial charge in [0.1, 0.15) is 12.7 Å². The first-order valence-electron chi connectivity index (χ1n) is 19.1. The Labute approximate surface area is 291 Å². The summed E-state index contributed by atoms with van der Waals surface area (Å²) in [6, 6.07) is -1.54. The molecule has 0 fully saturated rings. The fourth-order valence-corrected chi connectivity index (χ4v) is 6.12. The molecule has 0 aromatic carbocycles. The van der Waals surface area contributed by atoms with Crippen LogP contribution in [0, 0.1) is 0 Å². The van der Waals surface area contributed by atoms with Crippen molar-refractivity contribution in [2.24, 2.45) is 0 Å². The summed E-state index contributed by atoms with van der Waals surface area (Å²) in [7, 11) is -4.72. The standard InChI is InChI=1S/C36H70NO10P/c1-3-5-7-8-9-10-11-12-13-14-15-16-17-18-19-20-21-22-23-24-25-26-27-34(39)37-33(36(41)42)31-47-48(43,44)46-30-32(38)29-45-35(40)28-6-4-2/h32-33,38H,3-31H2,1-2H3,(H,37,39)(H,41,42)(H,43,44). The Morgan fingerprint density at radius 3 is 1.40 bits per heavy atom. The molecule has 0 aromatic rings. The largest absolute Gasteiger partial charge is 0.480 e. The molecular formula is C36H70NO10P. The second-order valence-corrected chi connectivity index (χ2v) is 14.6. The number of carbonyl (C=O) groups is 3. The van der Waals surface area contributed by atoms with Crippen molar-refractivity contribution in [3.63, 3.8) is 0 Å². The Morgan fingerprint density at radius 2 is 0.979 bits per heavy atom. The first-order chi connectivity index (χ1) is 23.1. The zero-order chi connectivity index (χ0) is 35.7. The van der Waals surface area contributed by atoms with Gasteiger partial charge in [-0.25, -0.2) is 9.36 Å². The Morgan fingerprint density at radius 1 is 0.583 bits per heavy atom. The van der Waals surface area contributed by atoms with Crippen LogP contribution in [0.25, 0.3) is 0 Å². The van der Waals surface area contributed by atoms with E-state index in [0.29, 0.717) is 12.8 Å². The number of aliphatic hydroxyl groups excluding tert-OH is 1. The smallest absolute Gasteiger partial charge is 0.472 e. The average molecular weight is 708 g/mol. The lowest BCUT2D eigenvalue weighted by Gasteiger charge is -2.18. The molecule has 1 amide bonds. The van der Waals surface area contributed by atoms with Gasteiger partial charge in [-0.15, -0.1) is 0 Å². The lowest BCUT2D eigenvalue weighted by molar-refractivity contribution is -0.147. The van der Waals surface area contributed by atoms with Crippen molar-refractivity contribution in [1.29, 1.82) is 0 Å². The summed E-state index contributed by atoms with van der Waals surface area (Å²) < 4.78 is 26.3. The van der Waals surface area contributed by atoms with Crippen LogP contribution in [0.4, 0.5) is 0 Å². The van der Waals surface area contributed by atoms with Gasteiger partial charge in [-0.3, -0.25) is 18.6 Å². The van der Waals surface area contributed by atoms with Crippen LogP contribution in [0.3, 0.4) is 0 Å². The molecule has 0 spiro atoms. The van der Waals surface area contributed by atoms with E-state index in [1.165, 1.54) is 116 Å². The van der Waals surface area contributed by atoms with Crippen LogP contribution in [0.5, 0.6) is 0 Å². The van der Waals surface area contributed by atoms with Gasteiger partial charge >= 0.3 is 19.8 Å². The van der Waals surface area contributed by atoms with Gasteiger partial charge in [0.15, 0.2) is 6.04 Å². The van der Waals surface area contributed by atoms with Crippen molar-refractivity contribution in [3.05, 3.63) is 0 Å². The highest BCUT2D eigenvalue weighted by Crippen LogP contribution is 2.43. The van der Waals surface area contributed by atoms with Gasteiger partial charge < -0.3 is 25.2 Å². The van der Waals surface area contributed by atoms with Crippen molar-refractivity contribution < 1.29 is 47.8 Å². The zero-order valence-electron chi connectivity index (χ0n) is 30.3. The molecule has 0 radical (unpaired) electrons. The normalized spacial score (nSPS) is 13.9. The maximum absolute atomic E-state index is 12.2. The number of carbonyl (C=O) groups excluding carboxylic acids is 2. The molecule has 0 aliphatic carbocycles. The van der Waals surface area contributed by atoms with E-state index in [9.17, 15) is 34.1 Å². The lowest BCUT2D eigenvalue weighted by Crippen LogP contribution is -2.43. The van der Waals surface area contributed by atoms with Crippen LogP contribution in [0.2, 0.25) is 0 Å². The van der Waals surface area contributed by atoms with E-state index in [-0.39, 0.29) is 12.8 Å². The van der Waals surface area contributed by atoms with E-state index in [1.54, 1.807) is 0 Å². The summed E-state index contributed by atoms with van der Waals surface area (Å²) in [6.45, 7) is 2.30. The SMILES string of the molecule is CCCCCCCCCCCCCCCCCCCCCCCCC(=O)NC(COP(=O)(O)OCC(O)COC(=O)CCCC)C(=O)O. The Balaban J connectivity index is 3.75. The second-order valence-electron chi connectivity index (χ2n) is 13.1. The maximum Gasteiger partial charge on any atom is 0.472 e. The predicted molar refractivity (Wildman–Crippen MR) is 190 cm³/mol. The quantitative estimate of drug-likeness (QED) is 0.0281. The second kappa shape index (κ2) is 32.7. The molecule has 11 nitrogen and oxygen atoms in total. The van der Waals surface area contributed by atoms with E-state index in [0.717, 1.165) is 25.7 Å². The zero-order valence-corrected chi connectivity index (χ0v) is 31.2. The number of carboxylic acids is 1. The first-order valence-corrected chi connectivity index (χ1v) is 20.6. The van der Waals surface area contributed by atoms with Crippen molar-refractivity contribution in [2.75, 3.05) is 19.8 Å². The topological polar surface area (TPSA) is 169 Å². The van der Waals surface area contributed by atoms with Gasteiger partial charge in [0, 0.05) is 12.8 Å². The molecule has 284 valence electrons. The van der Waals surface area contributed by atoms with Gasteiger partial charge in [0.2, 0.25) is 5.91 Å². The summed E-state index contributed by atoms with van der Waals surface area (Å²) in [6.07, 6.45) is 28.5. The fourth-order valence-electron chi connectivity index (χ4n) is 5.35. The minimum atomic E-state index is -4.72. The Kier molecular flexibility index (Phi) is 31.6. The van der Waals surface area contributed by atoms with Crippen LogP contribution >= 0.6 is 7.82 Å². The number of amides is 1. The molecule has 0 saturated carbocycles. The summed E-state index contributed by atoms with van der Waals surface area (Å²) in [5, 5.41) is 21.5. The molecule has 12 heteroatoms. The third kappa shape index (κ3) is 31.7. The van der Waals surface area contributed by atoms with Gasteiger partial charge in [0.25, 0.3) is 0 Å². The van der Waals surface area contributed by atoms with E-state index >= 15 is 0 Å². The van der Waals surface area contributed by atoms with Crippen LogP contribution in [-0.4, -0.2) is 64.9 Å². The molecule has 0 aliphatic rings. The number of esters is 1. The number of phosphoric acid groups is 1. The van der Waals surface area contributed by atoms with E-state index in [4.69, 9.17) is 9.26 Å². The first kappa shape index (κ1) is 46.5. The molecule has 0 rings (SSSR count). The highest BCUT2D eigenvalue weighted by atomic mass is 31.2. The van der Waals surface area contributed by atoms with Gasteiger partial charge in [-0.1, -0.05) is 155 Å². The molecular weight excluding hydrogens is 637 g/mol. The number of ether oxygens (including phenoxy) is 1. The van der Waals surface area contributed by atoms with Gasteiger partial charge in [-0.05, 0) is 12.8 Å². The molecule has 4 N–H and O–H groups in total. The highest BCUT2D eigenvalue weighted by molar-refractivity contribution is 7.47. The molecule has 0 aliphatic heterocycles. The molecule has 48 heavy (non-hydrogen) atoms. The van der Waals surface area contributed by atoms with E-state index in [2.05, 4.69) is 16.8 Å². The number of phosphoric ester groups is 1. The third-order valence-electron chi connectivity index (χ3n) is 8.40. The number of unbranched alkanes of at least 4 members (excludes halogenated alkanes) is 22. The predicted octanol–water partition coefficient (Wildman–Crippen LogP) is 8.78. The molecule has 0 bridgehead atoms. The Hall–Kier alpha value is -1.52. The van der Waals surface area contributed by atoms with Crippen LogP contribution in [0.1, 0.15) is 181 Å². The number of hydrogen-bond donors (Lipinski definition) is 4. The summed E-state index contributed by atoms with van der Waals surface area (Å²) in [4.78, 5) is 45.0. The summed E-state index contributed by atoms with van der Waals surface area (Å²) in [5.74, 6) is -2.40. The number of hydrogen-bond acceptors (Lipinski definition) is 8. The molecule has 3 unspecified atom stereocenters. The number of rotatable bonds is 36. The molecule has 3 atom stereocenters. The fraction of sp³-hybridized carbons (Fsp3) is 0.917. The Bertz CT molecular complexity index is 844. The number of nitrogens with one attached hydrogen (secondary N) is 1. The van der Waals surface area contributed by atoms with E-state index < -0.39 is 57.6 Å². The monoisotopic (exact) mass is 707 g/mol. The van der Waals surface area contributed by atoms with Crippen molar-refractivity contribution in [2.45, 2.75) is 193 Å². The van der Waals surface area contributed by atoms with Crippen molar-refractivity contribution in [1.82, 2.24) is 5.32 Å². The van der Waals surface area contributed by atoms with Crippen molar-refractivity contribution in [3.8, 4) is 0 Å².